The van der Waals surface area contributed by atoms with Gasteiger partial charge in [0.05, 0.1) is 23.8 Å². The molecule has 1 aromatic heterocycles. The average molecular weight is 421 g/mol. The van der Waals surface area contributed by atoms with Crippen LogP contribution in [-0.4, -0.2) is 44.7 Å². The molecule has 3 aliphatic rings. The molecule has 162 valence electrons. The van der Waals surface area contributed by atoms with Crippen molar-refractivity contribution in [3.05, 3.63) is 62.8 Å². The van der Waals surface area contributed by atoms with Crippen molar-refractivity contribution in [3.8, 4) is 0 Å². The first-order valence-electron chi connectivity index (χ1n) is 11.3. The van der Waals surface area contributed by atoms with Crippen LogP contribution in [0.25, 0.3) is 0 Å². The Bertz CT molecular complexity index is 1090. The van der Waals surface area contributed by atoms with Crippen LogP contribution >= 0.6 is 0 Å². The van der Waals surface area contributed by atoms with Gasteiger partial charge in [-0.1, -0.05) is 18.2 Å². The summed E-state index contributed by atoms with van der Waals surface area (Å²) >= 11 is 0. The second-order valence-electron chi connectivity index (χ2n) is 8.99. The number of aromatic amines is 1. The Hall–Kier alpha value is -2.96. The van der Waals surface area contributed by atoms with Crippen LogP contribution in [0.1, 0.15) is 71.1 Å². The molecule has 31 heavy (non-hydrogen) atoms. The van der Waals surface area contributed by atoms with Crippen LogP contribution in [0.4, 0.5) is 0 Å². The Morgan fingerprint density at radius 1 is 1.10 bits per heavy atom. The van der Waals surface area contributed by atoms with Crippen molar-refractivity contribution >= 4 is 11.8 Å². The number of carbonyl (C=O) groups excluding carboxylic acids is 2. The molecule has 0 radical (unpaired) electrons. The smallest absolute Gasteiger partial charge is 0.256 e. The monoisotopic (exact) mass is 420 g/mol. The minimum atomic E-state index is -0.231. The first-order valence-corrected chi connectivity index (χ1v) is 11.3. The molecule has 1 N–H and O–H groups in total. The summed E-state index contributed by atoms with van der Waals surface area (Å²) in [5.41, 5.74) is 2.83. The van der Waals surface area contributed by atoms with Crippen molar-refractivity contribution in [3.63, 3.8) is 0 Å². The minimum Gasteiger partial charge on any atom is -0.337 e. The van der Waals surface area contributed by atoms with Crippen LogP contribution in [0.3, 0.4) is 0 Å². The number of hydrogen-bond acceptors (Lipinski definition) is 4. The molecule has 2 amide bonds. The SMILES string of the molecule is Cc1ccccc1C(=O)N1CCCC[C@@H]1c1nc2c(c(=O)[nH]1)CN(C(=O)C1CC1)CC2. The second-order valence-corrected chi connectivity index (χ2v) is 8.99. The molecule has 1 saturated heterocycles. The molecule has 5 rings (SSSR count). The second kappa shape index (κ2) is 7.94. The topological polar surface area (TPSA) is 86.4 Å². The zero-order chi connectivity index (χ0) is 21.5. The maximum Gasteiger partial charge on any atom is 0.256 e. The fourth-order valence-electron chi connectivity index (χ4n) is 4.81. The third-order valence-corrected chi connectivity index (χ3v) is 6.78. The summed E-state index contributed by atoms with van der Waals surface area (Å²) in [6, 6.07) is 7.38. The highest BCUT2D eigenvalue weighted by molar-refractivity contribution is 5.95. The standard InChI is InChI=1S/C24H28N4O3/c1-15-6-2-3-7-17(15)24(31)28-12-5-4-8-20(28)21-25-19-11-13-27(23(30)16-9-10-16)14-18(19)22(29)26-21/h2-3,6-7,16,20H,4-5,8-14H2,1H3,(H,25,26,29)/t20-/m1/s1. The number of fused-ring (bicyclic) bond motifs is 1. The molecule has 3 heterocycles. The van der Waals surface area contributed by atoms with E-state index in [4.69, 9.17) is 4.98 Å². The summed E-state index contributed by atoms with van der Waals surface area (Å²) in [4.78, 5) is 50.1. The predicted molar refractivity (Wildman–Crippen MR) is 116 cm³/mol. The van der Waals surface area contributed by atoms with Crippen molar-refractivity contribution in [2.24, 2.45) is 5.92 Å². The van der Waals surface area contributed by atoms with E-state index in [0.717, 1.165) is 43.4 Å². The molecule has 0 unspecified atom stereocenters. The third kappa shape index (κ3) is 3.77. The number of nitrogens with one attached hydrogen (secondary N) is 1. The Balaban J connectivity index is 1.43. The zero-order valence-electron chi connectivity index (χ0n) is 17.9. The Kier molecular flexibility index (Phi) is 5.12. The summed E-state index contributed by atoms with van der Waals surface area (Å²) in [7, 11) is 0. The molecular formula is C24H28N4O3. The van der Waals surface area contributed by atoms with E-state index < -0.39 is 0 Å². The first-order chi connectivity index (χ1) is 15.0. The van der Waals surface area contributed by atoms with E-state index in [1.165, 1.54) is 0 Å². The molecule has 2 aliphatic heterocycles. The normalized spacial score (nSPS) is 21.0. The third-order valence-electron chi connectivity index (χ3n) is 6.78. The maximum atomic E-state index is 13.3. The number of nitrogens with zero attached hydrogens (tertiary/aromatic N) is 3. The van der Waals surface area contributed by atoms with E-state index >= 15 is 0 Å². The zero-order valence-corrected chi connectivity index (χ0v) is 17.9. The van der Waals surface area contributed by atoms with Crippen molar-refractivity contribution in [2.45, 2.75) is 58.0 Å². The van der Waals surface area contributed by atoms with Crippen LogP contribution in [0, 0.1) is 12.8 Å². The van der Waals surface area contributed by atoms with Gasteiger partial charge in [-0.15, -0.1) is 0 Å². The van der Waals surface area contributed by atoms with Gasteiger partial charge >= 0.3 is 0 Å². The summed E-state index contributed by atoms with van der Waals surface area (Å²) in [5, 5.41) is 0. The van der Waals surface area contributed by atoms with Gasteiger partial charge in [-0.3, -0.25) is 14.4 Å². The molecule has 0 spiro atoms. The van der Waals surface area contributed by atoms with Crippen molar-refractivity contribution < 1.29 is 9.59 Å². The molecular weight excluding hydrogens is 392 g/mol. The Morgan fingerprint density at radius 2 is 1.90 bits per heavy atom. The van der Waals surface area contributed by atoms with Gasteiger partial charge in [-0.05, 0) is 50.7 Å². The largest absolute Gasteiger partial charge is 0.337 e. The van der Waals surface area contributed by atoms with E-state index in [1.54, 1.807) is 4.90 Å². The summed E-state index contributed by atoms with van der Waals surface area (Å²) in [6.45, 7) is 3.54. The lowest BCUT2D eigenvalue weighted by molar-refractivity contribution is -0.133. The highest BCUT2D eigenvalue weighted by atomic mass is 16.2. The fraction of sp³-hybridized carbons (Fsp3) is 0.500. The molecule has 1 saturated carbocycles. The lowest BCUT2D eigenvalue weighted by atomic mass is 9.98. The van der Waals surface area contributed by atoms with E-state index in [-0.39, 0.29) is 29.3 Å². The van der Waals surface area contributed by atoms with Crippen LogP contribution < -0.4 is 5.56 Å². The van der Waals surface area contributed by atoms with Crippen LogP contribution in [-0.2, 0) is 17.8 Å². The van der Waals surface area contributed by atoms with Crippen molar-refractivity contribution in [1.82, 2.24) is 19.8 Å². The van der Waals surface area contributed by atoms with Crippen LogP contribution in [0.15, 0.2) is 29.1 Å². The van der Waals surface area contributed by atoms with E-state index in [1.807, 2.05) is 36.1 Å². The lowest BCUT2D eigenvalue weighted by Crippen LogP contribution is -2.43. The summed E-state index contributed by atoms with van der Waals surface area (Å²) in [6.07, 6.45) is 5.23. The van der Waals surface area contributed by atoms with Gasteiger partial charge in [0.25, 0.3) is 11.5 Å². The number of piperidine rings is 1. The van der Waals surface area contributed by atoms with Gasteiger partial charge in [0.1, 0.15) is 5.82 Å². The molecule has 7 heteroatoms. The summed E-state index contributed by atoms with van der Waals surface area (Å²) in [5.74, 6) is 0.879. The van der Waals surface area contributed by atoms with E-state index in [0.29, 0.717) is 43.0 Å². The number of aryl methyl sites for hydroxylation is 1. The maximum absolute atomic E-state index is 13.3. The Morgan fingerprint density at radius 3 is 2.68 bits per heavy atom. The minimum absolute atomic E-state index is 0.00984. The van der Waals surface area contributed by atoms with E-state index in [2.05, 4.69) is 4.98 Å². The average Bonchev–Trinajstić information content (AvgIpc) is 3.64. The van der Waals surface area contributed by atoms with E-state index in [9.17, 15) is 14.4 Å². The van der Waals surface area contributed by atoms with Crippen LogP contribution in [0.2, 0.25) is 0 Å². The number of carbonyl (C=O) groups is 2. The highest BCUT2D eigenvalue weighted by Crippen LogP contribution is 2.33. The molecule has 2 aromatic rings. The van der Waals surface area contributed by atoms with Crippen molar-refractivity contribution in [2.75, 3.05) is 13.1 Å². The van der Waals surface area contributed by atoms with Crippen LogP contribution in [0.5, 0.6) is 0 Å². The number of aromatic nitrogens is 2. The van der Waals surface area contributed by atoms with Gasteiger partial charge in [0.2, 0.25) is 5.91 Å². The predicted octanol–water partition coefficient (Wildman–Crippen LogP) is 2.74. The van der Waals surface area contributed by atoms with Gasteiger partial charge in [0.15, 0.2) is 0 Å². The number of benzene rings is 1. The van der Waals surface area contributed by atoms with Crippen molar-refractivity contribution in [1.29, 1.82) is 0 Å². The first kappa shape index (κ1) is 20.0. The van der Waals surface area contributed by atoms with Gasteiger partial charge in [-0.2, -0.15) is 0 Å². The van der Waals surface area contributed by atoms with Gasteiger partial charge < -0.3 is 14.8 Å². The lowest BCUT2D eigenvalue weighted by Gasteiger charge is -2.36. The molecule has 1 aliphatic carbocycles. The highest BCUT2D eigenvalue weighted by Gasteiger charge is 2.36. The number of amides is 2. The van der Waals surface area contributed by atoms with Gasteiger partial charge in [-0.25, -0.2) is 4.98 Å². The quantitative estimate of drug-likeness (QED) is 0.827. The Labute approximate surface area is 181 Å². The fourth-order valence-corrected chi connectivity index (χ4v) is 4.81. The number of hydrogen-bond donors (Lipinski definition) is 1. The molecule has 0 bridgehead atoms. The molecule has 7 nitrogen and oxygen atoms in total. The molecule has 2 fully saturated rings. The molecule has 1 aromatic carbocycles. The van der Waals surface area contributed by atoms with Gasteiger partial charge in [0, 0.05) is 31.0 Å². The number of likely N-dealkylation sites (tertiary alicyclic amines) is 1. The summed E-state index contributed by atoms with van der Waals surface area (Å²) < 4.78 is 0. The molecule has 1 atom stereocenters. The number of rotatable bonds is 3. The number of H-pyrrole nitrogens is 1.